The smallest absolute Gasteiger partial charge is 0.232 e. The molecule has 2 aromatic rings. The molecule has 8 heteroatoms. The van der Waals surface area contributed by atoms with Crippen molar-refractivity contribution in [1.29, 1.82) is 0 Å². The van der Waals surface area contributed by atoms with Crippen molar-refractivity contribution in [3.05, 3.63) is 16.8 Å². The Balaban J connectivity index is 0.00000208. The van der Waals surface area contributed by atoms with Crippen LogP contribution in [0.25, 0.3) is 10.2 Å². The summed E-state index contributed by atoms with van der Waals surface area (Å²) in [7, 11) is 1.93. The number of hydrogen-bond donors (Lipinski definition) is 1. The first-order chi connectivity index (χ1) is 11.1. The van der Waals surface area contributed by atoms with Gasteiger partial charge in [0.25, 0.3) is 0 Å². The van der Waals surface area contributed by atoms with Crippen LogP contribution in [-0.2, 0) is 4.79 Å². The van der Waals surface area contributed by atoms with Gasteiger partial charge in [-0.05, 0) is 45.3 Å². The van der Waals surface area contributed by atoms with Gasteiger partial charge in [0.2, 0.25) is 5.91 Å². The van der Waals surface area contributed by atoms with Gasteiger partial charge in [-0.1, -0.05) is 11.8 Å². The van der Waals surface area contributed by atoms with Gasteiger partial charge in [0.05, 0.1) is 5.75 Å². The number of aryl methyl sites for hydroxylation is 2. The number of rotatable bonds is 4. The molecule has 1 fully saturated rings. The van der Waals surface area contributed by atoms with E-state index in [2.05, 4.69) is 29.1 Å². The summed E-state index contributed by atoms with van der Waals surface area (Å²) in [5.41, 5.74) is 1.23. The monoisotopic (exact) mass is 386 g/mol. The fraction of sp³-hybridized carbons (Fsp3) is 0.562. The van der Waals surface area contributed by atoms with Gasteiger partial charge in [0.15, 0.2) is 0 Å². The Morgan fingerprint density at radius 3 is 2.79 bits per heavy atom. The van der Waals surface area contributed by atoms with Gasteiger partial charge in [-0.2, -0.15) is 0 Å². The SMILES string of the molecule is Cc1sc2ncnc(SCC(=O)N(C)C3CCNCC3)c2c1C.Cl. The molecule has 2 aromatic heterocycles. The third kappa shape index (κ3) is 4.02. The standard InChI is InChI=1S/C16H22N4OS2.ClH/c1-10-11(2)23-16-14(10)15(18-9-19-16)22-8-13(21)20(3)12-4-6-17-7-5-12;/h9,12,17H,4-8H2,1-3H3;1H. The Morgan fingerprint density at radius 2 is 2.08 bits per heavy atom. The molecular weight excluding hydrogens is 364 g/mol. The molecular formula is C16H23ClN4OS2. The Hall–Kier alpha value is -0.890. The third-order valence-electron chi connectivity index (χ3n) is 4.51. The largest absolute Gasteiger partial charge is 0.342 e. The van der Waals surface area contributed by atoms with Gasteiger partial charge in [-0.25, -0.2) is 9.97 Å². The van der Waals surface area contributed by atoms with Crippen molar-refractivity contribution in [3.63, 3.8) is 0 Å². The molecule has 1 N–H and O–H groups in total. The van der Waals surface area contributed by atoms with Crippen LogP contribution in [0.15, 0.2) is 11.4 Å². The Kier molecular flexibility index (Phi) is 6.86. The minimum Gasteiger partial charge on any atom is -0.342 e. The molecule has 1 aliphatic heterocycles. The number of thioether (sulfide) groups is 1. The average molecular weight is 387 g/mol. The van der Waals surface area contributed by atoms with E-state index in [-0.39, 0.29) is 18.3 Å². The predicted octanol–water partition coefficient (Wildman–Crippen LogP) is 3.03. The topological polar surface area (TPSA) is 58.1 Å². The Morgan fingerprint density at radius 1 is 1.38 bits per heavy atom. The summed E-state index contributed by atoms with van der Waals surface area (Å²) in [5.74, 6) is 0.610. The van der Waals surface area contributed by atoms with E-state index in [0.717, 1.165) is 41.2 Å². The summed E-state index contributed by atoms with van der Waals surface area (Å²) < 4.78 is 0. The van der Waals surface area contributed by atoms with E-state index in [9.17, 15) is 4.79 Å². The van der Waals surface area contributed by atoms with Crippen molar-refractivity contribution in [3.8, 4) is 0 Å². The maximum atomic E-state index is 12.5. The number of halogens is 1. The van der Waals surface area contributed by atoms with Gasteiger partial charge in [-0.15, -0.1) is 23.7 Å². The van der Waals surface area contributed by atoms with E-state index in [1.54, 1.807) is 17.7 Å². The molecule has 0 unspecified atom stereocenters. The summed E-state index contributed by atoms with van der Waals surface area (Å²) in [6, 6.07) is 0.361. The lowest BCUT2D eigenvalue weighted by atomic mass is 10.1. The minimum absolute atomic E-state index is 0. The summed E-state index contributed by atoms with van der Waals surface area (Å²) >= 11 is 3.22. The van der Waals surface area contributed by atoms with Crippen LogP contribution in [0.5, 0.6) is 0 Å². The average Bonchev–Trinajstić information content (AvgIpc) is 2.88. The Labute approximate surface area is 157 Å². The number of carbonyl (C=O) groups excluding carboxylic acids is 1. The number of fused-ring (bicyclic) bond motifs is 1. The fourth-order valence-corrected chi connectivity index (χ4v) is 4.93. The van der Waals surface area contributed by atoms with E-state index >= 15 is 0 Å². The summed E-state index contributed by atoms with van der Waals surface area (Å²) in [5, 5.41) is 5.36. The highest BCUT2D eigenvalue weighted by molar-refractivity contribution is 8.00. The van der Waals surface area contributed by atoms with Crippen LogP contribution in [0.2, 0.25) is 0 Å². The van der Waals surface area contributed by atoms with Crippen molar-refractivity contribution in [2.75, 3.05) is 25.9 Å². The lowest BCUT2D eigenvalue weighted by Gasteiger charge is -2.31. The zero-order chi connectivity index (χ0) is 16.4. The quantitative estimate of drug-likeness (QED) is 0.646. The number of aromatic nitrogens is 2. The number of carbonyl (C=O) groups is 1. The first-order valence-corrected chi connectivity index (χ1v) is 9.68. The molecule has 5 nitrogen and oxygen atoms in total. The molecule has 1 saturated heterocycles. The highest BCUT2D eigenvalue weighted by Crippen LogP contribution is 2.34. The van der Waals surface area contributed by atoms with Crippen LogP contribution in [0, 0.1) is 13.8 Å². The molecule has 0 atom stereocenters. The highest BCUT2D eigenvalue weighted by atomic mass is 35.5. The van der Waals surface area contributed by atoms with E-state index in [4.69, 9.17) is 0 Å². The molecule has 3 rings (SSSR count). The van der Waals surface area contributed by atoms with Crippen molar-refractivity contribution in [2.24, 2.45) is 0 Å². The van der Waals surface area contributed by atoms with Crippen molar-refractivity contribution >= 4 is 51.6 Å². The first-order valence-electron chi connectivity index (χ1n) is 7.87. The molecule has 1 aliphatic rings. The van der Waals surface area contributed by atoms with Gasteiger partial charge in [0.1, 0.15) is 16.2 Å². The summed E-state index contributed by atoms with van der Waals surface area (Å²) in [4.78, 5) is 25.4. The number of nitrogens with one attached hydrogen (secondary N) is 1. The number of piperidine rings is 1. The lowest BCUT2D eigenvalue weighted by Crippen LogP contribution is -2.44. The molecule has 0 aliphatic carbocycles. The predicted molar refractivity (Wildman–Crippen MR) is 104 cm³/mol. The van der Waals surface area contributed by atoms with Crippen molar-refractivity contribution in [1.82, 2.24) is 20.2 Å². The van der Waals surface area contributed by atoms with E-state index < -0.39 is 0 Å². The Bertz CT molecular complexity index is 715. The van der Waals surface area contributed by atoms with Gasteiger partial charge in [0, 0.05) is 23.4 Å². The number of hydrogen-bond acceptors (Lipinski definition) is 6. The fourth-order valence-electron chi connectivity index (χ4n) is 2.89. The number of amides is 1. The normalized spacial score (nSPS) is 15.3. The second-order valence-corrected chi connectivity index (χ2v) is 8.08. The van der Waals surface area contributed by atoms with Gasteiger partial charge >= 0.3 is 0 Å². The molecule has 0 aromatic carbocycles. The van der Waals surface area contributed by atoms with Gasteiger partial charge in [-0.3, -0.25) is 4.79 Å². The summed E-state index contributed by atoms with van der Waals surface area (Å²) in [6.45, 7) is 6.20. The zero-order valence-corrected chi connectivity index (χ0v) is 16.6. The summed E-state index contributed by atoms with van der Waals surface area (Å²) in [6.07, 6.45) is 3.67. The van der Waals surface area contributed by atoms with Crippen molar-refractivity contribution < 1.29 is 4.79 Å². The van der Waals surface area contributed by atoms with Gasteiger partial charge < -0.3 is 10.2 Å². The molecule has 0 spiro atoms. The first kappa shape index (κ1) is 19.4. The molecule has 3 heterocycles. The third-order valence-corrected chi connectivity index (χ3v) is 6.60. The molecule has 0 radical (unpaired) electrons. The van der Waals surface area contributed by atoms with Crippen molar-refractivity contribution in [2.45, 2.75) is 37.8 Å². The maximum absolute atomic E-state index is 12.5. The number of nitrogens with zero attached hydrogens (tertiary/aromatic N) is 3. The van der Waals surface area contributed by atoms with Crippen LogP contribution in [0.3, 0.4) is 0 Å². The molecule has 0 saturated carbocycles. The van der Waals surface area contributed by atoms with Crippen LogP contribution in [-0.4, -0.2) is 52.7 Å². The molecule has 0 bridgehead atoms. The maximum Gasteiger partial charge on any atom is 0.232 e. The van der Waals surface area contributed by atoms with Crippen LogP contribution in [0.1, 0.15) is 23.3 Å². The van der Waals surface area contributed by atoms with E-state index in [1.807, 2.05) is 11.9 Å². The van der Waals surface area contributed by atoms with E-state index in [0.29, 0.717) is 11.8 Å². The van der Waals surface area contributed by atoms with Crippen LogP contribution < -0.4 is 5.32 Å². The van der Waals surface area contributed by atoms with Crippen LogP contribution >= 0.6 is 35.5 Å². The minimum atomic E-state index is 0. The molecule has 24 heavy (non-hydrogen) atoms. The number of thiophene rings is 1. The highest BCUT2D eigenvalue weighted by Gasteiger charge is 2.22. The van der Waals surface area contributed by atoms with Crippen LogP contribution in [0.4, 0.5) is 0 Å². The molecule has 1 amide bonds. The van der Waals surface area contributed by atoms with E-state index in [1.165, 1.54) is 22.2 Å². The second kappa shape index (κ2) is 8.47. The molecule has 132 valence electrons. The second-order valence-electron chi connectivity index (χ2n) is 5.92. The zero-order valence-electron chi connectivity index (χ0n) is 14.2. The lowest BCUT2D eigenvalue weighted by molar-refractivity contribution is -0.129.